The average molecular weight is 392 g/mol. The first kappa shape index (κ1) is 18.4. The maximum Gasteiger partial charge on any atom is 0.253 e. The molecule has 4 rings (SSSR count). The maximum atomic E-state index is 13.0. The molecule has 2 heterocycles. The fourth-order valence-electron chi connectivity index (χ4n) is 3.33. The summed E-state index contributed by atoms with van der Waals surface area (Å²) in [7, 11) is 1.81. The molecule has 28 heavy (non-hydrogen) atoms. The van der Waals surface area contributed by atoms with Crippen LogP contribution >= 0.6 is 11.8 Å². The summed E-state index contributed by atoms with van der Waals surface area (Å²) < 4.78 is 1.72. The van der Waals surface area contributed by atoms with E-state index in [9.17, 15) is 4.79 Å². The van der Waals surface area contributed by atoms with Gasteiger partial charge in [-0.2, -0.15) is 4.98 Å². The number of hydrogen-bond acceptors (Lipinski definition) is 5. The summed E-state index contributed by atoms with van der Waals surface area (Å²) in [6.45, 7) is 3.87. The molecule has 0 spiro atoms. The first-order valence-corrected chi connectivity index (χ1v) is 10.2. The van der Waals surface area contributed by atoms with Crippen LogP contribution in [0.1, 0.15) is 17.0 Å². The molecule has 2 aromatic carbocycles. The highest BCUT2D eigenvalue weighted by molar-refractivity contribution is 7.98. The van der Waals surface area contributed by atoms with E-state index in [1.807, 2.05) is 57.5 Å². The highest BCUT2D eigenvalue weighted by atomic mass is 32.2. The van der Waals surface area contributed by atoms with Crippen molar-refractivity contribution >= 4 is 39.9 Å². The first-order chi connectivity index (χ1) is 13.5. The number of carbonyl (C=O) groups excluding carboxylic acids is 1. The Bertz CT molecular complexity index is 1200. The number of fused-ring (bicyclic) bond motifs is 2. The quantitative estimate of drug-likeness (QED) is 0.495. The minimum absolute atomic E-state index is 0.00726. The maximum absolute atomic E-state index is 13.0. The molecule has 142 valence electrons. The Balaban J connectivity index is 1.65. The van der Waals surface area contributed by atoms with Crippen LogP contribution in [0.25, 0.3) is 16.6 Å². The number of nitrogens with zero attached hydrogens (tertiary/aromatic N) is 5. The summed E-state index contributed by atoms with van der Waals surface area (Å²) in [6, 6.07) is 14.2. The molecule has 0 radical (unpaired) electrons. The van der Waals surface area contributed by atoms with Crippen LogP contribution in [0.15, 0.2) is 47.6 Å². The van der Waals surface area contributed by atoms with E-state index in [4.69, 9.17) is 0 Å². The normalized spacial score (nSPS) is 11.3. The van der Waals surface area contributed by atoms with Gasteiger partial charge in [-0.25, -0.2) is 9.50 Å². The molecule has 7 heteroatoms. The second-order valence-electron chi connectivity index (χ2n) is 6.73. The summed E-state index contributed by atoms with van der Waals surface area (Å²) in [6.07, 6.45) is 2.19. The number of rotatable bonds is 4. The topological polar surface area (TPSA) is 63.4 Å². The van der Waals surface area contributed by atoms with Crippen molar-refractivity contribution in [3.63, 3.8) is 0 Å². The van der Waals surface area contributed by atoms with E-state index in [-0.39, 0.29) is 12.3 Å². The Labute approximate surface area is 167 Å². The molecule has 0 N–H and O–H groups in total. The van der Waals surface area contributed by atoms with Gasteiger partial charge in [0.2, 0.25) is 11.1 Å². The Morgan fingerprint density at radius 2 is 1.86 bits per heavy atom. The minimum Gasteiger partial charge on any atom is -0.315 e. The monoisotopic (exact) mass is 391 g/mol. The number of thioether (sulfide) groups is 1. The van der Waals surface area contributed by atoms with Crippen LogP contribution in [-0.2, 0) is 11.2 Å². The molecule has 0 saturated heterocycles. The summed E-state index contributed by atoms with van der Waals surface area (Å²) in [5.41, 5.74) is 3.47. The lowest BCUT2D eigenvalue weighted by Crippen LogP contribution is -2.28. The van der Waals surface area contributed by atoms with Gasteiger partial charge in [-0.1, -0.05) is 42.1 Å². The van der Waals surface area contributed by atoms with Crippen LogP contribution in [0.2, 0.25) is 0 Å². The van der Waals surface area contributed by atoms with Gasteiger partial charge in [-0.15, -0.1) is 5.10 Å². The molecule has 0 fully saturated rings. The van der Waals surface area contributed by atoms with E-state index in [2.05, 4.69) is 27.2 Å². The lowest BCUT2D eigenvalue weighted by Gasteiger charge is -2.19. The van der Waals surface area contributed by atoms with E-state index in [1.54, 1.807) is 9.42 Å². The Hall–Kier alpha value is -2.93. The molecule has 4 aromatic rings. The van der Waals surface area contributed by atoms with Gasteiger partial charge >= 0.3 is 0 Å². The fraction of sp³-hybridized carbons (Fsp3) is 0.238. The van der Waals surface area contributed by atoms with Gasteiger partial charge < -0.3 is 4.90 Å². The minimum atomic E-state index is 0.00726. The number of aryl methyl sites for hydroxylation is 2. The third-order valence-corrected chi connectivity index (χ3v) is 5.57. The molecule has 0 saturated carbocycles. The molecule has 0 atom stereocenters. The molecular weight excluding hydrogens is 370 g/mol. The van der Waals surface area contributed by atoms with E-state index < -0.39 is 0 Å². The van der Waals surface area contributed by atoms with Crippen molar-refractivity contribution in [2.45, 2.75) is 25.4 Å². The summed E-state index contributed by atoms with van der Waals surface area (Å²) in [5, 5.41) is 7.40. The van der Waals surface area contributed by atoms with Gasteiger partial charge in [-0.05, 0) is 43.0 Å². The van der Waals surface area contributed by atoms with Crippen molar-refractivity contribution in [2.75, 3.05) is 18.2 Å². The van der Waals surface area contributed by atoms with Crippen molar-refractivity contribution in [1.82, 2.24) is 19.6 Å². The number of amides is 1. The molecular formula is C21H21N5OS. The van der Waals surface area contributed by atoms with E-state index >= 15 is 0 Å². The van der Waals surface area contributed by atoms with Gasteiger partial charge in [-0.3, -0.25) is 4.79 Å². The van der Waals surface area contributed by atoms with Gasteiger partial charge in [0.15, 0.2) is 0 Å². The van der Waals surface area contributed by atoms with Gasteiger partial charge in [0, 0.05) is 29.7 Å². The van der Waals surface area contributed by atoms with Crippen LogP contribution in [-0.4, -0.2) is 38.8 Å². The Kier molecular flexibility index (Phi) is 4.77. The number of benzene rings is 2. The van der Waals surface area contributed by atoms with Crippen molar-refractivity contribution in [2.24, 2.45) is 0 Å². The van der Waals surface area contributed by atoms with Crippen LogP contribution in [0.4, 0.5) is 5.69 Å². The Morgan fingerprint density at radius 1 is 1.11 bits per heavy atom. The van der Waals surface area contributed by atoms with Gasteiger partial charge in [0.25, 0.3) is 5.78 Å². The summed E-state index contributed by atoms with van der Waals surface area (Å²) >= 11 is 1.47. The number of anilines is 1. The molecule has 2 aromatic heterocycles. The first-order valence-electron chi connectivity index (χ1n) is 9.00. The second-order valence-corrected chi connectivity index (χ2v) is 7.51. The zero-order valence-corrected chi connectivity index (χ0v) is 17.1. The van der Waals surface area contributed by atoms with Gasteiger partial charge in [0.05, 0.1) is 6.42 Å². The lowest BCUT2D eigenvalue weighted by atomic mass is 10.1. The predicted octanol–water partition coefficient (Wildman–Crippen LogP) is 3.82. The molecule has 0 aliphatic rings. The molecule has 1 amide bonds. The number of likely N-dealkylation sites (N-methyl/N-ethyl adjacent to an activating group) is 1. The van der Waals surface area contributed by atoms with Crippen molar-refractivity contribution in [3.05, 3.63) is 59.4 Å². The third kappa shape index (κ3) is 3.22. The molecule has 0 aliphatic heterocycles. The molecule has 6 nitrogen and oxygen atoms in total. The van der Waals surface area contributed by atoms with Crippen LogP contribution < -0.4 is 4.90 Å². The van der Waals surface area contributed by atoms with Crippen molar-refractivity contribution in [1.29, 1.82) is 0 Å². The molecule has 0 aliphatic carbocycles. The smallest absolute Gasteiger partial charge is 0.253 e. The number of carbonyl (C=O) groups is 1. The zero-order valence-electron chi connectivity index (χ0n) is 16.3. The largest absolute Gasteiger partial charge is 0.315 e. The van der Waals surface area contributed by atoms with Crippen LogP contribution in [0, 0.1) is 13.8 Å². The highest BCUT2D eigenvalue weighted by Gasteiger charge is 2.19. The zero-order chi connectivity index (χ0) is 19.8. The van der Waals surface area contributed by atoms with Crippen molar-refractivity contribution < 1.29 is 4.79 Å². The predicted molar refractivity (Wildman–Crippen MR) is 113 cm³/mol. The summed E-state index contributed by atoms with van der Waals surface area (Å²) in [4.78, 5) is 23.6. The van der Waals surface area contributed by atoms with E-state index in [1.165, 1.54) is 11.8 Å². The SMILES string of the molecule is CSc1nc2nc(C)c(CC(=O)N(C)c3ccc4ccccc4c3)c(C)n2n1. The van der Waals surface area contributed by atoms with E-state index in [0.29, 0.717) is 10.9 Å². The molecule has 0 bridgehead atoms. The lowest BCUT2D eigenvalue weighted by molar-refractivity contribution is -0.117. The van der Waals surface area contributed by atoms with E-state index in [0.717, 1.165) is 33.4 Å². The van der Waals surface area contributed by atoms with Crippen LogP contribution in [0.5, 0.6) is 0 Å². The third-order valence-electron chi connectivity index (χ3n) is 5.03. The standard InChI is InChI=1S/C21H21N5OS/c1-13-18(14(2)26-20(22-13)23-21(24-26)28-4)12-19(27)25(3)17-10-9-15-7-5-6-8-16(15)11-17/h5-11H,12H2,1-4H3. The van der Waals surface area contributed by atoms with Gasteiger partial charge in [0.1, 0.15) is 0 Å². The van der Waals surface area contributed by atoms with Crippen LogP contribution in [0.3, 0.4) is 0 Å². The molecule has 0 unspecified atom stereocenters. The highest BCUT2D eigenvalue weighted by Crippen LogP contribution is 2.23. The number of aromatic nitrogens is 4. The van der Waals surface area contributed by atoms with Crippen molar-refractivity contribution in [3.8, 4) is 0 Å². The number of hydrogen-bond donors (Lipinski definition) is 0. The Morgan fingerprint density at radius 3 is 2.61 bits per heavy atom. The fourth-order valence-corrected chi connectivity index (χ4v) is 3.67. The summed E-state index contributed by atoms with van der Waals surface area (Å²) in [5.74, 6) is 0.575. The average Bonchev–Trinajstić information content (AvgIpc) is 3.13. The second kappa shape index (κ2) is 7.24.